The van der Waals surface area contributed by atoms with Crippen LogP contribution in [0.5, 0.6) is 0 Å². The first-order valence-electron chi connectivity index (χ1n) is 9.07. The molecule has 2 aromatic carbocycles. The molecule has 1 unspecified atom stereocenters. The summed E-state index contributed by atoms with van der Waals surface area (Å²) in [5.41, 5.74) is 1.90. The molecule has 1 atom stereocenters. The lowest BCUT2D eigenvalue weighted by molar-refractivity contribution is -0.144. The third-order valence-electron chi connectivity index (χ3n) is 4.66. The van der Waals surface area contributed by atoms with Gasteiger partial charge in [0.15, 0.2) is 0 Å². The molecule has 0 spiro atoms. The molecule has 5 nitrogen and oxygen atoms in total. The highest BCUT2D eigenvalue weighted by molar-refractivity contribution is 6.39. The molecule has 0 saturated carbocycles. The smallest absolute Gasteiger partial charge is 0.313 e. The quantitative estimate of drug-likeness (QED) is 0.865. The van der Waals surface area contributed by atoms with E-state index >= 15 is 0 Å². The second-order valence-electron chi connectivity index (χ2n) is 6.74. The number of hydrogen-bond donors (Lipinski definition) is 1. The predicted molar refractivity (Wildman–Crippen MR) is 103 cm³/mol. The predicted octanol–water partition coefficient (Wildman–Crippen LogP) is 2.75. The molecule has 1 heterocycles. The van der Waals surface area contributed by atoms with E-state index in [0.29, 0.717) is 12.2 Å². The van der Waals surface area contributed by atoms with Gasteiger partial charge in [0.05, 0.1) is 0 Å². The molecular weight excluding hydrogens is 326 g/mol. The topological polar surface area (TPSA) is 52.7 Å². The Kier molecular flexibility index (Phi) is 6.02. The summed E-state index contributed by atoms with van der Waals surface area (Å²) in [7, 11) is 0. The zero-order valence-electron chi connectivity index (χ0n) is 15.1. The number of carbonyl (C=O) groups excluding carboxylic acids is 2. The third-order valence-corrected chi connectivity index (χ3v) is 4.66. The van der Waals surface area contributed by atoms with Crippen LogP contribution in [0.15, 0.2) is 60.7 Å². The molecule has 1 aliphatic rings. The van der Waals surface area contributed by atoms with E-state index in [1.54, 1.807) is 17.0 Å². The van der Waals surface area contributed by atoms with Crippen LogP contribution in [0.4, 0.5) is 5.69 Å². The standard InChI is InChI=1S/C21H25N3O2/c1-17-15-23(16-18-9-4-2-5-10-18)13-8-14-24(17)21(26)20(25)22-19-11-6-3-7-12-19/h2-7,9-12,17H,8,13-16H2,1H3,(H,22,25). The Morgan fingerprint density at radius 2 is 1.65 bits per heavy atom. The van der Waals surface area contributed by atoms with E-state index in [4.69, 9.17) is 0 Å². The highest BCUT2D eigenvalue weighted by Crippen LogP contribution is 2.14. The normalized spacial score (nSPS) is 18.2. The monoisotopic (exact) mass is 351 g/mol. The zero-order chi connectivity index (χ0) is 18.4. The fraction of sp³-hybridized carbons (Fsp3) is 0.333. The van der Waals surface area contributed by atoms with Crippen LogP contribution >= 0.6 is 0 Å². The summed E-state index contributed by atoms with van der Waals surface area (Å²) >= 11 is 0. The molecule has 2 aromatic rings. The number of carbonyl (C=O) groups is 2. The Labute approximate surface area is 154 Å². The lowest BCUT2D eigenvalue weighted by Gasteiger charge is -2.28. The van der Waals surface area contributed by atoms with Gasteiger partial charge in [-0.1, -0.05) is 48.5 Å². The van der Waals surface area contributed by atoms with Crippen LogP contribution in [0.1, 0.15) is 18.9 Å². The van der Waals surface area contributed by atoms with Crippen molar-refractivity contribution in [1.82, 2.24) is 9.80 Å². The lowest BCUT2D eigenvalue weighted by Crippen LogP contribution is -2.47. The van der Waals surface area contributed by atoms with E-state index in [9.17, 15) is 9.59 Å². The Morgan fingerprint density at radius 3 is 2.35 bits per heavy atom. The van der Waals surface area contributed by atoms with Crippen molar-refractivity contribution < 1.29 is 9.59 Å². The molecule has 5 heteroatoms. The first kappa shape index (κ1) is 18.1. The van der Waals surface area contributed by atoms with Gasteiger partial charge in [0, 0.05) is 37.9 Å². The van der Waals surface area contributed by atoms with Gasteiger partial charge in [-0.05, 0) is 31.0 Å². The average Bonchev–Trinajstić information content (AvgIpc) is 2.83. The Balaban J connectivity index is 1.60. The van der Waals surface area contributed by atoms with Crippen LogP contribution in [0.25, 0.3) is 0 Å². The maximum atomic E-state index is 12.6. The van der Waals surface area contributed by atoms with Gasteiger partial charge < -0.3 is 10.2 Å². The fourth-order valence-electron chi connectivity index (χ4n) is 3.37. The van der Waals surface area contributed by atoms with Crippen molar-refractivity contribution in [2.24, 2.45) is 0 Å². The van der Waals surface area contributed by atoms with Gasteiger partial charge >= 0.3 is 11.8 Å². The second kappa shape index (κ2) is 8.63. The summed E-state index contributed by atoms with van der Waals surface area (Å²) in [5, 5.41) is 2.69. The Morgan fingerprint density at radius 1 is 1.00 bits per heavy atom. The number of para-hydroxylation sites is 1. The van der Waals surface area contributed by atoms with Crippen molar-refractivity contribution in [3.63, 3.8) is 0 Å². The minimum atomic E-state index is -0.570. The number of hydrogen-bond acceptors (Lipinski definition) is 3. The van der Waals surface area contributed by atoms with E-state index in [-0.39, 0.29) is 6.04 Å². The van der Waals surface area contributed by atoms with Crippen molar-refractivity contribution in [2.45, 2.75) is 25.9 Å². The zero-order valence-corrected chi connectivity index (χ0v) is 15.1. The van der Waals surface area contributed by atoms with E-state index in [1.807, 2.05) is 43.3 Å². The molecule has 1 saturated heterocycles. The van der Waals surface area contributed by atoms with Crippen molar-refractivity contribution >= 4 is 17.5 Å². The van der Waals surface area contributed by atoms with E-state index in [0.717, 1.165) is 26.1 Å². The summed E-state index contributed by atoms with van der Waals surface area (Å²) < 4.78 is 0. The van der Waals surface area contributed by atoms with Crippen molar-refractivity contribution in [1.29, 1.82) is 0 Å². The second-order valence-corrected chi connectivity index (χ2v) is 6.74. The van der Waals surface area contributed by atoms with Gasteiger partial charge in [-0.3, -0.25) is 14.5 Å². The molecule has 0 aliphatic carbocycles. The third kappa shape index (κ3) is 4.70. The summed E-state index contributed by atoms with van der Waals surface area (Å²) in [5.74, 6) is -1.03. The van der Waals surface area contributed by atoms with E-state index < -0.39 is 11.8 Å². The van der Waals surface area contributed by atoms with Gasteiger partial charge in [-0.25, -0.2) is 0 Å². The number of amides is 2. The van der Waals surface area contributed by atoms with Crippen LogP contribution in [0.3, 0.4) is 0 Å². The molecular formula is C21H25N3O2. The summed E-state index contributed by atoms with van der Waals surface area (Å²) in [6.45, 7) is 5.16. The Hall–Kier alpha value is -2.66. The van der Waals surface area contributed by atoms with Crippen LogP contribution in [0, 0.1) is 0 Å². The van der Waals surface area contributed by atoms with Gasteiger partial charge in [-0.15, -0.1) is 0 Å². The van der Waals surface area contributed by atoms with Gasteiger partial charge in [-0.2, -0.15) is 0 Å². The molecule has 1 aliphatic heterocycles. The molecule has 1 N–H and O–H groups in total. The summed E-state index contributed by atoms with van der Waals surface area (Å²) in [6.07, 6.45) is 0.863. The molecule has 0 aromatic heterocycles. The van der Waals surface area contributed by atoms with Crippen molar-refractivity contribution in [3.8, 4) is 0 Å². The minimum Gasteiger partial charge on any atom is -0.330 e. The van der Waals surface area contributed by atoms with Gasteiger partial charge in [0.1, 0.15) is 0 Å². The average molecular weight is 351 g/mol. The van der Waals surface area contributed by atoms with Crippen molar-refractivity contribution in [2.75, 3.05) is 25.0 Å². The minimum absolute atomic E-state index is 0.00441. The van der Waals surface area contributed by atoms with E-state index in [2.05, 4.69) is 22.3 Å². The van der Waals surface area contributed by atoms with Gasteiger partial charge in [0.2, 0.25) is 0 Å². The highest BCUT2D eigenvalue weighted by Gasteiger charge is 2.29. The first-order chi connectivity index (χ1) is 12.6. The number of rotatable bonds is 3. The molecule has 0 radical (unpaired) electrons. The molecule has 26 heavy (non-hydrogen) atoms. The SMILES string of the molecule is CC1CN(Cc2ccccc2)CCCN1C(=O)C(=O)Nc1ccccc1. The molecule has 136 valence electrons. The highest BCUT2D eigenvalue weighted by atomic mass is 16.2. The van der Waals surface area contributed by atoms with E-state index in [1.165, 1.54) is 5.56 Å². The molecule has 2 amide bonds. The van der Waals surface area contributed by atoms with Crippen molar-refractivity contribution in [3.05, 3.63) is 66.2 Å². The number of nitrogens with zero attached hydrogens (tertiary/aromatic N) is 2. The van der Waals surface area contributed by atoms with Crippen LogP contribution in [-0.4, -0.2) is 47.3 Å². The number of nitrogens with one attached hydrogen (secondary N) is 1. The fourth-order valence-corrected chi connectivity index (χ4v) is 3.37. The molecule has 3 rings (SSSR count). The van der Waals surface area contributed by atoms with Crippen LogP contribution in [-0.2, 0) is 16.1 Å². The maximum Gasteiger partial charge on any atom is 0.313 e. The largest absolute Gasteiger partial charge is 0.330 e. The van der Waals surface area contributed by atoms with Crippen LogP contribution < -0.4 is 5.32 Å². The maximum absolute atomic E-state index is 12.6. The molecule has 0 bridgehead atoms. The van der Waals surface area contributed by atoms with Crippen LogP contribution in [0.2, 0.25) is 0 Å². The summed E-state index contributed by atoms with van der Waals surface area (Å²) in [6, 6.07) is 19.4. The first-order valence-corrected chi connectivity index (χ1v) is 9.07. The van der Waals surface area contributed by atoms with Gasteiger partial charge in [0.25, 0.3) is 0 Å². The lowest BCUT2D eigenvalue weighted by atomic mass is 10.2. The summed E-state index contributed by atoms with van der Waals surface area (Å²) in [4.78, 5) is 29.0. The molecule has 1 fully saturated rings. The number of anilines is 1. The Bertz CT molecular complexity index is 733. The number of benzene rings is 2.